The molecule has 0 amide bonds. The molecule has 0 aromatic carbocycles. The van der Waals surface area contributed by atoms with Crippen LogP contribution in [0.2, 0.25) is 0 Å². The van der Waals surface area contributed by atoms with Crippen LogP contribution in [-0.2, 0) is 0 Å². The number of pyridine rings is 2. The van der Waals surface area contributed by atoms with Crippen LogP contribution in [0.4, 0.5) is 5.69 Å². The third-order valence-electron chi connectivity index (χ3n) is 2.25. The fourth-order valence-electron chi connectivity index (χ4n) is 1.41. The Balaban J connectivity index is 2.72. The fourth-order valence-corrected chi connectivity index (χ4v) is 1.41. The van der Waals surface area contributed by atoms with E-state index < -0.39 is 0 Å². The van der Waals surface area contributed by atoms with Crippen molar-refractivity contribution in [3.63, 3.8) is 0 Å². The molecule has 0 saturated heterocycles. The molecule has 2 N–H and O–H groups in total. The van der Waals surface area contributed by atoms with E-state index in [-0.39, 0.29) is 0 Å². The minimum absolute atomic E-state index is 0.398. The number of fused-ring (bicyclic) bond motifs is 1. The number of nitrogen functional groups attached to an aromatic ring is 1. The number of nitrogens with zero attached hydrogens (tertiary/aromatic N) is 2. The summed E-state index contributed by atoms with van der Waals surface area (Å²) in [5.74, 6) is 0.398. The van der Waals surface area contributed by atoms with Gasteiger partial charge in [-0.2, -0.15) is 0 Å². The first kappa shape index (κ1) is 8.94. The second-order valence-corrected chi connectivity index (χ2v) is 3.68. The summed E-state index contributed by atoms with van der Waals surface area (Å²) in [6, 6.07) is 3.81. The smallest absolute Gasteiger partial charge is 0.0756 e. The quantitative estimate of drug-likeness (QED) is 0.745. The Morgan fingerprint density at radius 3 is 2.86 bits per heavy atom. The van der Waals surface area contributed by atoms with Gasteiger partial charge in [-0.3, -0.25) is 9.97 Å². The molecule has 0 aliphatic rings. The van der Waals surface area contributed by atoms with Gasteiger partial charge in [-0.05, 0) is 18.1 Å². The van der Waals surface area contributed by atoms with Crippen molar-refractivity contribution in [1.29, 1.82) is 0 Å². The lowest BCUT2D eigenvalue weighted by atomic mass is 10.1. The lowest BCUT2D eigenvalue weighted by Crippen LogP contribution is -1.97. The van der Waals surface area contributed by atoms with E-state index in [1.54, 1.807) is 12.4 Å². The molecule has 72 valence electrons. The monoisotopic (exact) mass is 187 g/mol. The van der Waals surface area contributed by atoms with Gasteiger partial charge in [-0.1, -0.05) is 13.8 Å². The van der Waals surface area contributed by atoms with Crippen molar-refractivity contribution in [3.8, 4) is 0 Å². The SMILES string of the molecule is CC(C)c1cc(N)c2cnccc2n1. The molecule has 0 aliphatic heterocycles. The molecule has 2 aromatic rings. The summed E-state index contributed by atoms with van der Waals surface area (Å²) in [4.78, 5) is 8.54. The molecule has 14 heavy (non-hydrogen) atoms. The van der Waals surface area contributed by atoms with Gasteiger partial charge >= 0.3 is 0 Å². The highest BCUT2D eigenvalue weighted by atomic mass is 14.7. The van der Waals surface area contributed by atoms with Gasteiger partial charge in [0.25, 0.3) is 0 Å². The molecule has 0 aliphatic carbocycles. The second kappa shape index (κ2) is 3.25. The Bertz CT molecular complexity index is 463. The van der Waals surface area contributed by atoms with Crippen LogP contribution in [-0.4, -0.2) is 9.97 Å². The molecule has 2 aromatic heterocycles. The van der Waals surface area contributed by atoms with Gasteiger partial charge in [0.1, 0.15) is 0 Å². The zero-order valence-corrected chi connectivity index (χ0v) is 8.36. The standard InChI is InChI=1S/C11H13N3/c1-7(2)11-5-9(12)8-6-13-4-3-10(8)14-11/h3-7H,1-2H3,(H2,12,14). The molecule has 0 unspecified atom stereocenters. The van der Waals surface area contributed by atoms with E-state index in [9.17, 15) is 0 Å². The van der Waals surface area contributed by atoms with Gasteiger partial charge in [0.05, 0.1) is 5.52 Å². The van der Waals surface area contributed by atoms with E-state index in [1.807, 2.05) is 12.1 Å². The lowest BCUT2D eigenvalue weighted by molar-refractivity contribution is 0.830. The molecule has 3 heteroatoms. The highest BCUT2D eigenvalue weighted by Gasteiger charge is 2.05. The molecule has 0 atom stereocenters. The number of hydrogen-bond acceptors (Lipinski definition) is 3. The van der Waals surface area contributed by atoms with Crippen molar-refractivity contribution in [2.45, 2.75) is 19.8 Å². The van der Waals surface area contributed by atoms with Crippen molar-refractivity contribution < 1.29 is 0 Å². The second-order valence-electron chi connectivity index (χ2n) is 3.68. The third-order valence-corrected chi connectivity index (χ3v) is 2.25. The van der Waals surface area contributed by atoms with E-state index in [0.29, 0.717) is 5.92 Å². The number of nitrogens with two attached hydrogens (primary N) is 1. The number of aromatic nitrogens is 2. The van der Waals surface area contributed by atoms with Gasteiger partial charge in [0, 0.05) is 29.2 Å². The molecule has 0 radical (unpaired) electrons. The Morgan fingerprint density at radius 2 is 2.14 bits per heavy atom. The van der Waals surface area contributed by atoms with Crippen LogP contribution in [0.5, 0.6) is 0 Å². The van der Waals surface area contributed by atoms with Crippen LogP contribution < -0.4 is 5.73 Å². The third kappa shape index (κ3) is 1.41. The maximum absolute atomic E-state index is 5.91. The molecular weight excluding hydrogens is 174 g/mol. The minimum Gasteiger partial charge on any atom is -0.398 e. The largest absolute Gasteiger partial charge is 0.398 e. The van der Waals surface area contributed by atoms with E-state index >= 15 is 0 Å². The van der Waals surface area contributed by atoms with Crippen molar-refractivity contribution in [2.24, 2.45) is 0 Å². The van der Waals surface area contributed by atoms with Crippen LogP contribution >= 0.6 is 0 Å². The molecule has 0 spiro atoms. The van der Waals surface area contributed by atoms with Crippen molar-refractivity contribution >= 4 is 16.6 Å². The van der Waals surface area contributed by atoms with Crippen molar-refractivity contribution in [3.05, 3.63) is 30.2 Å². The van der Waals surface area contributed by atoms with Gasteiger partial charge in [-0.25, -0.2) is 0 Å². The van der Waals surface area contributed by atoms with Crippen LogP contribution in [0.3, 0.4) is 0 Å². The summed E-state index contributed by atoms with van der Waals surface area (Å²) >= 11 is 0. The molecule has 3 nitrogen and oxygen atoms in total. The fraction of sp³-hybridized carbons (Fsp3) is 0.273. The van der Waals surface area contributed by atoms with Gasteiger partial charge in [-0.15, -0.1) is 0 Å². The summed E-state index contributed by atoms with van der Waals surface area (Å²) in [7, 11) is 0. The van der Waals surface area contributed by atoms with Crippen LogP contribution in [0.1, 0.15) is 25.5 Å². The summed E-state index contributed by atoms with van der Waals surface area (Å²) in [5.41, 5.74) is 8.62. The van der Waals surface area contributed by atoms with Crippen molar-refractivity contribution in [2.75, 3.05) is 5.73 Å². The predicted molar refractivity (Wildman–Crippen MR) is 58.0 cm³/mol. The minimum atomic E-state index is 0.398. The number of rotatable bonds is 1. The van der Waals surface area contributed by atoms with Crippen LogP contribution in [0.15, 0.2) is 24.5 Å². The molecule has 0 saturated carbocycles. The van der Waals surface area contributed by atoms with E-state index in [1.165, 1.54) is 0 Å². The van der Waals surface area contributed by atoms with E-state index in [4.69, 9.17) is 5.73 Å². The molecule has 2 rings (SSSR count). The first-order chi connectivity index (χ1) is 6.68. The molecule has 0 bridgehead atoms. The van der Waals surface area contributed by atoms with Gasteiger partial charge in [0.2, 0.25) is 0 Å². The van der Waals surface area contributed by atoms with Gasteiger partial charge < -0.3 is 5.73 Å². The highest BCUT2D eigenvalue weighted by molar-refractivity contribution is 5.89. The average Bonchev–Trinajstić information content (AvgIpc) is 2.17. The number of anilines is 1. The Labute approximate surface area is 83.0 Å². The molecule has 2 heterocycles. The maximum atomic E-state index is 5.91. The lowest BCUT2D eigenvalue weighted by Gasteiger charge is -2.07. The van der Waals surface area contributed by atoms with E-state index in [2.05, 4.69) is 23.8 Å². The Hall–Kier alpha value is -1.64. The summed E-state index contributed by atoms with van der Waals surface area (Å²) in [5, 5.41) is 0.928. The Kier molecular flexibility index (Phi) is 2.08. The summed E-state index contributed by atoms with van der Waals surface area (Å²) < 4.78 is 0. The zero-order chi connectivity index (χ0) is 10.1. The topological polar surface area (TPSA) is 51.8 Å². The predicted octanol–water partition coefficient (Wildman–Crippen LogP) is 2.34. The van der Waals surface area contributed by atoms with Crippen LogP contribution in [0, 0.1) is 0 Å². The zero-order valence-electron chi connectivity index (χ0n) is 8.36. The summed E-state index contributed by atoms with van der Waals surface area (Å²) in [6.07, 6.45) is 3.49. The highest BCUT2D eigenvalue weighted by Crippen LogP contribution is 2.22. The van der Waals surface area contributed by atoms with Crippen LogP contribution in [0.25, 0.3) is 10.9 Å². The Morgan fingerprint density at radius 1 is 1.36 bits per heavy atom. The first-order valence-corrected chi connectivity index (χ1v) is 4.68. The maximum Gasteiger partial charge on any atom is 0.0756 e. The number of hydrogen-bond donors (Lipinski definition) is 1. The van der Waals surface area contributed by atoms with Crippen molar-refractivity contribution in [1.82, 2.24) is 9.97 Å². The first-order valence-electron chi connectivity index (χ1n) is 4.68. The molecule has 0 fully saturated rings. The summed E-state index contributed by atoms with van der Waals surface area (Å²) in [6.45, 7) is 4.21. The average molecular weight is 187 g/mol. The molecular formula is C11H13N3. The normalized spacial score (nSPS) is 11.1. The van der Waals surface area contributed by atoms with E-state index in [0.717, 1.165) is 22.3 Å². The van der Waals surface area contributed by atoms with Gasteiger partial charge in [0.15, 0.2) is 0 Å².